The molecule has 0 radical (unpaired) electrons. The normalized spacial score (nSPS) is 11.3. The Kier molecular flexibility index (Phi) is 6.13. The Labute approximate surface area is 165 Å². The van der Waals surface area contributed by atoms with Crippen molar-refractivity contribution < 1.29 is 14.4 Å². The lowest BCUT2D eigenvalue weighted by atomic mass is 10.3. The number of thiophene rings is 1. The number of hydrogen-bond acceptors (Lipinski definition) is 5. The van der Waals surface area contributed by atoms with Crippen LogP contribution in [0.3, 0.4) is 0 Å². The van der Waals surface area contributed by atoms with E-state index in [1.807, 2.05) is 17.5 Å². The van der Waals surface area contributed by atoms with Gasteiger partial charge >= 0.3 is 0 Å². The minimum absolute atomic E-state index is 0.0251. The molecule has 0 fully saturated rings. The van der Waals surface area contributed by atoms with E-state index in [1.165, 1.54) is 27.6 Å². The maximum absolute atomic E-state index is 13.0. The van der Waals surface area contributed by atoms with Gasteiger partial charge in [-0.2, -0.15) is 0 Å². The summed E-state index contributed by atoms with van der Waals surface area (Å²) >= 11 is 9.21. The quantitative estimate of drug-likeness (QED) is 0.650. The van der Waals surface area contributed by atoms with Crippen LogP contribution in [0.1, 0.15) is 16.1 Å². The zero-order chi connectivity index (χ0) is 18.7. The van der Waals surface area contributed by atoms with E-state index in [9.17, 15) is 4.79 Å². The average Bonchev–Trinajstić information content (AvgIpc) is 3.28. The van der Waals surface area contributed by atoms with Crippen LogP contribution in [-0.2, 0) is 0 Å². The Morgan fingerprint density at radius 3 is 2.81 bits per heavy atom. The molecule has 138 valence electrons. The Morgan fingerprint density at radius 2 is 2.15 bits per heavy atom. The average molecular weight is 411 g/mol. The summed E-state index contributed by atoms with van der Waals surface area (Å²) in [7, 11) is 5.82. The van der Waals surface area contributed by atoms with Crippen molar-refractivity contribution >= 4 is 55.5 Å². The fourth-order valence-electron chi connectivity index (χ4n) is 2.63. The Morgan fingerprint density at radius 1 is 1.35 bits per heavy atom. The van der Waals surface area contributed by atoms with Crippen LogP contribution in [-0.4, -0.2) is 45.2 Å². The number of aromatic nitrogens is 1. The topological polar surface area (TPSA) is 46.9 Å². The van der Waals surface area contributed by atoms with Gasteiger partial charge in [-0.05, 0) is 23.6 Å². The van der Waals surface area contributed by atoms with Crippen molar-refractivity contribution in [2.45, 2.75) is 6.42 Å². The van der Waals surface area contributed by atoms with Gasteiger partial charge in [-0.15, -0.1) is 11.3 Å². The number of ether oxygens (including phenoxy) is 1. The van der Waals surface area contributed by atoms with Gasteiger partial charge in [0.1, 0.15) is 11.3 Å². The molecule has 3 rings (SSSR count). The molecular weight excluding hydrogens is 390 g/mol. The van der Waals surface area contributed by atoms with E-state index in [0.717, 1.165) is 17.7 Å². The van der Waals surface area contributed by atoms with Gasteiger partial charge in [-0.1, -0.05) is 29.0 Å². The number of halogens is 1. The van der Waals surface area contributed by atoms with Crippen molar-refractivity contribution in [3.63, 3.8) is 0 Å². The zero-order valence-corrected chi connectivity index (χ0v) is 17.3. The third kappa shape index (κ3) is 4.01. The third-order valence-corrected chi connectivity index (χ3v) is 6.33. The summed E-state index contributed by atoms with van der Waals surface area (Å²) < 4.78 is 6.24. The van der Waals surface area contributed by atoms with Gasteiger partial charge in [-0.25, -0.2) is 4.98 Å². The van der Waals surface area contributed by atoms with Gasteiger partial charge in [0.25, 0.3) is 5.91 Å². The molecule has 0 saturated carbocycles. The summed E-state index contributed by atoms with van der Waals surface area (Å²) in [6.45, 7) is 1.59. The molecule has 0 spiro atoms. The molecule has 5 nitrogen and oxygen atoms in total. The van der Waals surface area contributed by atoms with Gasteiger partial charge in [0, 0.05) is 13.0 Å². The number of benzene rings is 1. The standard InChI is InChI=1S/C18H20ClN3O2S2/c1-21(2)9-5-10-22(17(23)14-6-4-11-25-14)18-20-15-13(24-3)8-7-12(19)16(15)26-18/h4,6-8,11H,5,9-10H2,1-3H3/p+1. The van der Waals surface area contributed by atoms with Crippen LogP contribution in [0, 0.1) is 0 Å². The number of nitrogens with zero attached hydrogens (tertiary/aromatic N) is 2. The smallest absolute Gasteiger partial charge is 0.270 e. The molecule has 26 heavy (non-hydrogen) atoms. The van der Waals surface area contributed by atoms with Gasteiger partial charge in [0.15, 0.2) is 5.13 Å². The largest absolute Gasteiger partial charge is 0.494 e. The lowest BCUT2D eigenvalue weighted by molar-refractivity contribution is -0.858. The van der Waals surface area contributed by atoms with E-state index < -0.39 is 0 Å². The Balaban J connectivity index is 1.99. The van der Waals surface area contributed by atoms with E-state index in [1.54, 1.807) is 24.1 Å². The van der Waals surface area contributed by atoms with Gasteiger partial charge in [-0.3, -0.25) is 9.69 Å². The number of carbonyl (C=O) groups is 1. The lowest BCUT2D eigenvalue weighted by Gasteiger charge is -2.19. The number of hydrogen-bond donors (Lipinski definition) is 1. The van der Waals surface area contributed by atoms with Crippen molar-refractivity contribution in [1.82, 2.24) is 4.98 Å². The van der Waals surface area contributed by atoms with E-state index in [0.29, 0.717) is 32.8 Å². The maximum atomic E-state index is 13.0. The van der Waals surface area contributed by atoms with Crippen molar-refractivity contribution in [3.8, 4) is 5.75 Å². The minimum atomic E-state index is -0.0251. The first-order chi connectivity index (χ1) is 12.5. The summed E-state index contributed by atoms with van der Waals surface area (Å²) in [6.07, 6.45) is 0.889. The monoisotopic (exact) mass is 410 g/mol. The molecule has 0 atom stereocenters. The lowest BCUT2D eigenvalue weighted by Crippen LogP contribution is -3.05. The molecule has 0 unspecified atom stereocenters. The summed E-state index contributed by atoms with van der Waals surface area (Å²) in [4.78, 5) is 21.5. The van der Waals surface area contributed by atoms with Gasteiger partial charge in [0.2, 0.25) is 0 Å². The van der Waals surface area contributed by atoms with Crippen molar-refractivity contribution in [1.29, 1.82) is 0 Å². The van der Waals surface area contributed by atoms with Crippen LogP contribution < -0.4 is 14.5 Å². The molecule has 8 heteroatoms. The van der Waals surface area contributed by atoms with Crippen molar-refractivity contribution in [2.24, 2.45) is 0 Å². The molecule has 0 aliphatic rings. The summed E-state index contributed by atoms with van der Waals surface area (Å²) in [5.41, 5.74) is 0.696. The van der Waals surface area contributed by atoms with E-state index >= 15 is 0 Å². The molecule has 0 saturated heterocycles. The second-order valence-electron chi connectivity index (χ2n) is 6.17. The van der Waals surface area contributed by atoms with Gasteiger partial charge in [0.05, 0.1) is 42.3 Å². The Hall–Kier alpha value is -1.67. The van der Waals surface area contributed by atoms with Gasteiger partial charge < -0.3 is 9.64 Å². The molecular formula is C18H21ClN3O2S2+. The maximum Gasteiger partial charge on any atom is 0.270 e. The van der Waals surface area contributed by atoms with E-state index in [2.05, 4.69) is 19.1 Å². The summed E-state index contributed by atoms with van der Waals surface area (Å²) in [5.74, 6) is 0.635. The number of methoxy groups -OCH3 is 1. The van der Waals surface area contributed by atoms with Crippen molar-refractivity contribution in [3.05, 3.63) is 39.5 Å². The molecule has 0 aliphatic heterocycles. The zero-order valence-electron chi connectivity index (χ0n) is 14.9. The van der Waals surface area contributed by atoms with Crippen LogP contribution in [0.2, 0.25) is 5.02 Å². The second-order valence-corrected chi connectivity index (χ2v) is 8.50. The van der Waals surface area contributed by atoms with Crippen LogP contribution in [0.5, 0.6) is 5.75 Å². The summed E-state index contributed by atoms with van der Waals surface area (Å²) in [6, 6.07) is 7.33. The molecule has 2 aromatic heterocycles. The third-order valence-electron chi connectivity index (χ3n) is 3.93. The first kappa shape index (κ1) is 19.1. The number of quaternary nitrogens is 1. The predicted octanol–water partition coefficient (Wildman–Crippen LogP) is 3.20. The highest BCUT2D eigenvalue weighted by atomic mass is 35.5. The number of carbonyl (C=O) groups excluding carboxylic acids is 1. The molecule has 1 aromatic carbocycles. The molecule has 0 bridgehead atoms. The SMILES string of the molecule is COc1ccc(Cl)c2sc(N(CCC[NH+](C)C)C(=O)c3cccs3)nc12. The first-order valence-electron chi connectivity index (χ1n) is 8.28. The first-order valence-corrected chi connectivity index (χ1v) is 10.4. The number of nitrogens with one attached hydrogen (secondary N) is 1. The molecule has 2 heterocycles. The molecule has 0 aliphatic carbocycles. The molecule has 1 amide bonds. The number of anilines is 1. The summed E-state index contributed by atoms with van der Waals surface area (Å²) in [5, 5.41) is 3.18. The fraction of sp³-hybridized carbons (Fsp3) is 0.333. The van der Waals surface area contributed by atoms with Crippen LogP contribution in [0.25, 0.3) is 10.2 Å². The predicted molar refractivity (Wildman–Crippen MR) is 109 cm³/mol. The van der Waals surface area contributed by atoms with E-state index in [4.69, 9.17) is 16.3 Å². The number of thiazole rings is 1. The van der Waals surface area contributed by atoms with Crippen LogP contribution >= 0.6 is 34.3 Å². The molecule has 1 N–H and O–H groups in total. The van der Waals surface area contributed by atoms with Crippen LogP contribution in [0.15, 0.2) is 29.6 Å². The minimum Gasteiger partial charge on any atom is -0.494 e. The van der Waals surface area contributed by atoms with Crippen molar-refractivity contribution in [2.75, 3.05) is 39.2 Å². The fourth-order valence-corrected chi connectivity index (χ4v) is 4.58. The highest BCUT2D eigenvalue weighted by Crippen LogP contribution is 2.39. The highest BCUT2D eigenvalue weighted by Gasteiger charge is 2.23. The Bertz CT molecular complexity index is 893. The molecule has 3 aromatic rings. The highest BCUT2D eigenvalue weighted by molar-refractivity contribution is 7.23. The number of rotatable bonds is 7. The number of amides is 1. The van der Waals surface area contributed by atoms with E-state index in [-0.39, 0.29) is 5.91 Å². The second kappa shape index (κ2) is 8.35. The van der Waals surface area contributed by atoms with Crippen LogP contribution in [0.4, 0.5) is 5.13 Å². The number of fused-ring (bicyclic) bond motifs is 1.